The van der Waals surface area contributed by atoms with E-state index in [-0.39, 0.29) is 16.8 Å². The number of aromatic nitrogens is 4. The fraction of sp³-hybridized carbons (Fsp3) is 0.0714. The Balaban J connectivity index is 1.39. The van der Waals surface area contributed by atoms with Crippen LogP contribution in [-0.2, 0) is 10.0 Å². The van der Waals surface area contributed by atoms with E-state index in [2.05, 4.69) is 25.1 Å². The molecule has 1 amide bonds. The Kier molecular flexibility index (Phi) is 6.71. The number of rotatable bonds is 7. The van der Waals surface area contributed by atoms with Gasteiger partial charge in [-0.1, -0.05) is 48.5 Å². The molecular weight excluding hydrogens is 500 g/mol. The molecule has 2 heterocycles. The van der Waals surface area contributed by atoms with E-state index in [1.807, 2.05) is 60.7 Å². The molecule has 5 aromatic rings. The third-order valence-corrected chi connectivity index (χ3v) is 7.00. The lowest BCUT2D eigenvalue weighted by molar-refractivity contribution is 0.102. The predicted octanol–water partition coefficient (Wildman–Crippen LogP) is 5.00. The van der Waals surface area contributed by atoms with Gasteiger partial charge in [0.2, 0.25) is 5.95 Å². The molecular formula is C28H24N6O3S. The molecule has 5 rings (SSSR count). The number of hydrogen-bond acceptors (Lipinski definition) is 6. The second kappa shape index (κ2) is 10.3. The summed E-state index contributed by atoms with van der Waals surface area (Å²) in [6.45, 7) is 3.52. The molecule has 9 nitrogen and oxygen atoms in total. The minimum atomic E-state index is -3.92. The number of sulfonamides is 1. The summed E-state index contributed by atoms with van der Waals surface area (Å²) in [5, 5.41) is 7.51. The lowest BCUT2D eigenvalue weighted by atomic mass is 10.1. The summed E-state index contributed by atoms with van der Waals surface area (Å²) < 4.78 is 29.7. The molecule has 0 aliphatic heterocycles. The van der Waals surface area contributed by atoms with E-state index in [9.17, 15) is 13.2 Å². The van der Waals surface area contributed by atoms with Crippen molar-refractivity contribution in [3.63, 3.8) is 0 Å². The summed E-state index contributed by atoms with van der Waals surface area (Å²) in [6.07, 6.45) is 1.68. The Bertz CT molecular complexity index is 1680. The van der Waals surface area contributed by atoms with Crippen LogP contribution < -0.4 is 10.0 Å². The maximum Gasteiger partial charge on any atom is 0.264 e. The van der Waals surface area contributed by atoms with Gasteiger partial charge in [0, 0.05) is 28.8 Å². The molecule has 0 saturated heterocycles. The smallest absolute Gasteiger partial charge is 0.264 e. The molecule has 0 unspecified atom stereocenters. The highest BCUT2D eigenvalue weighted by Crippen LogP contribution is 2.25. The number of amides is 1. The van der Waals surface area contributed by atoms with Crippen molar-refractivity contribution in [2.24, 2.45) is 0 Å². The van der Waals surface area contributed by atoms with Gasteiger partial charge in [-0.15, -0.1) is 0 Å². The van der Waals surface area contributed by atoms with Crippen LogP contribution in [0.2, 0.25) is 0 Å². The van der Waals surface area contributed by atoms with Gasteiger partial charge >= 0.3 is 0 Å². The van der Waals surface area contributed by atoms with Gasteiger partial charge < -0.3 is 5.32 Å². The summed E-state index contributed by atoms with van der Waals surface area (Å²) in [5.74, 6) is -0.368. The minimum Gasteiger partial charge on any atom is -0.322 e. The van der Waals surface area contributed by atoms with Gasteiger partial charge in [0.1, 0.15) is 5.69 Å². The van der Waals surface area contributed by atoms with E-state index in [1.165, 1.54) is 24.3 Å². The molecule has 190 valence electrons. The van der Waals surface area contributed by atoms with Gasteiger partial charge in [0.25, 0.3) is 15.9 Å². The van der Waals surface area contributed by atoms with Crippen molar-refractivity contribution in [2.45, 2.75) is 18.7 Å². The quantitative estimate of drug-likeness (QED) is 0.309. The van der Waals surface area contributed by atoms with Crippen molar-refractivity contribution in [3.8, 4) is 16.9 Å². The van der Waals surface area contributed by atoms with Gasteiger partial charge in [0.05, 0.1) is 16.1 Å². The number of hydrogen-bond donors (Lipinski definition) is 2. The van der Waals surface area contributed by atoms with E-state index in [1.54, 1.807) is 30.8 Å². The van der Waals surface area contributed by atoms with Gasteiger partial charge in [0.15, 0.2) is 0 Å². The Hall–Kier alpha value is -4.83. The summed E-state index contributed by atoms with van der Waals surface area (Å²) in [4.78, 5) is 21.6. The van der Waals surface area contributed by atoms with E-state index in [0.29, 0.717) is 28.3 Å². The van der Waals surface area contributed by atoms with Crippen LogP contribution in [0.25, 0.3) is 16.9 Å². The third-order valence-electron chi connectivity index (χ3n) is 5.66. The minimum absolute atomic E-state index is 0.00347. The summed E-state index contributed by atoms with van der Waals surface area (Å²) in [7, 11) is -3.92. The van der Waals surface area contributed by atoms with Gasteiger partial charge in [-0.3, -0.25) is 4.79 Å². The van der Waals surface area contributed by atoms with Crippen LogP contribution in [0.15, 0.2) is 102 Å². The molecule has 0 saturated carbocycles. The van der Waals surface area contributed by atoms with Crippen LogP contribution in [0.4, 0.5) is 11.6 Å². The third kappa shape index (κ3) is 5.45. The monoisotopic (exact) mass is 524 g/mol. The number of carbonyl (C=O) groups is 1. The summed E-state index contributed by atoms with van der Waals surface area (Å²) in [6, 6.07) is 26.6. The lowest BCUT2D eigenvalue weighted by Crippen LogP contribution is -2.16. The molecule has 0 bridgehead atoms. The SMILES string of the molecule is Cc1cc(C)nc(NS(=O)(=O)c2ccc(NC(=O)c3cn(-c4ccccc4)nc3-c3ccccc3)cc2)n1. The average Bonchev–Trinajstić information content (AvgIpc) is 3.35. The van der Waals surface area contributed by atoms with E-state index < -0.39 is 10.0 Å². The summed E-state index contributed by atoms with van der Waals surface area (Å²) in [5.41, 5.74) is 4.27. The fourth-order valence-electron chi connectivity index (χ4n) is 3.93. The molecule has 0 atom stereocenters. The van der Waals surface area contributed by atoms with E-state index >= 15 is 0 Å². The van der Waals surface area contributed by atoms with Gasteiger partial charge in [-0.2, -0.15) is 5.10 Å². The fourth-order valence-corrected chi connectivity index (χ4v) is 4.87. The zero-order valence-corrected chi connectivity index (χ0v) is 21.5. The maximum atomic E-state index is 13.3. The van der Waals surface area contributed by atoms with Crippen LogP contribution >= 0.6 is 0 Å². The Morgan fingerprint density at radius 2 is 1.42 bits per heavy atom. The van der Waals surface area contributed by atoms with Crippen molar-refractivity contribution in [1.82, 2.24) is 19.7 Å². The number of carbonyl (C=O) groups excluding carboxylic acids is 1. The highest BCUT2D eigenvalue weighted by molar-refractivity contribution is 7.92. The summed E-state index contributed by atoms with van der Waals surface area (Å²) >= 11 is 0. The molecule has 10 heteroatoms. The van der Waals surface area contributed by atoms with Crippen LogP contribution in [0.3, 0.4) is 0 Å². The number of anilines is 2. The first kappa shape index (κ1) is 24.8. The van der Waals surface area contributed by atoms with Gasteiger partial charge in [-0.05, 0) is 56.3 Å². The first-order chi connectivity index (χ1) is 18.3. The molecule has 0 aliphatic carbocycles. The average molecular weight is 525 g/mol. The van der Waals surface area contributed by atoms with Crippen molar-refractivity contribution in [1.29, 1.82) is 0 Å². The van der Waals surface area contributed by atoms with Crippen molar-refractivity contribution in [3.05, 3.63) is 114 Å². The number of nitrogens with one attached hydrogen (secondary N) is 2. The second-order valence-corrected chi connectivity index (χ2v) is 10.3. The molecule has 2 N–H and O–H groups in total. The van der Waals surface area contributed by atoms with E-state index in [0.717, 1.165) is 11.3 Å². The first-order valence-corrected chi connectivity index (χ1v) is 13.2. The van der Waals surface area contributed by atoms with Crippen LogP contribution in [0.1, 0.15) is 21.7 Å². The van der Waals surface area contributed by atoms with Crippen LogP contribution in [-0.4, -0.2) is 34.1 Å². The lowest BCUT2D eigenvalue weighted by Gasteiger charge is -2.09. The number of benzene rings is 3. The zero-order chi connectivity index (χ0) is 26.7. The standard InChI is InChI=1S/C28H24N6O3S/c1-19-17-20(2)30-28(29-19)33-38(36,37)24-15-13-22(14-16-24)31-27(35)25-18-34(23-11-7-4-8-12-23)32-26(25)21-9-5-3-6-10-21/h3-18H,1-2H3,(H,31,35)(H,29,30,33). The Morgan fingerprint density at radius 1 is 0.816 bits per heavy atom. The maximum absolute atomic E-state index is 13.3. The normalized spacial score (nSPS) is 11.2. The molecule has 3 aromatic carbocycles. The Labute approximate surface area is 220 Å². The van der Waals surface area contributed by atoms with Crippen molar-refractivity contribution >= 4 is 27.6 Å². The Morgan fingerprint density at radius 3 is 2.05 bits per heavy atom. The number of para-hydroxylation sites is 1. The molecule has 0 aliphatic rings. The predicted molar refractivity (Wildman–Crippen MR) is 146 cm³/mol. The van der Waals surface area contributed by atoms with Crippen LogP contribution in [0.5, 0.6) is 0 Å². The topological polar surface area (TPSA) is 119 Å². The van der Waals surface area contributed by atoms with Crippen molar-refractivity contribution < 1.29 is 13.2 Å². The van der Waals surface area contributed by atoms with Gasteiger partial charge in [-0.25, -0.2) is 27.8 Å². The highest BCUT2D eigenvalue weighted by Gasteiger charge is 2.20. The van der Waals surface area contributed by atoms with Crippen LogP contribution in [0, 0.1) is 13.8 Å². The highest BCUT2D eigenvalue weighted by atomic mass is 32.2. The number of nitrogens with zero attached hydrogens (tertiary/aromatic N) is 4. The molecule has 0 radical (unpaired) electrons. The molecule has 38 heavy (non-hydrogen) atoms. The largest absolute Gasteiger partial charge is 0.322 e. The first-order valence-electron chi connectivity index (χ1n) is 11.8. The second-order valence-electron chi connectivity index (χ2n) is 8.60. The van der Waals surface area contributed by atoms with E-state index in [4.69, 9.17) is 0 Å². The zero-order valence-electron chi connectivity index (χ0n) is 20.7. The number of aryl methyl sites for hydroxylation is 2. The van der Waals surface area contributed by atoms with Crippen molar-refractivity contribution in [2.75, 3.05) is 10.0 Å². The molecule has 2 aromatic heterocycles. The molecule has 0 fully saturated rings. The molecule has 0 spiro atoms.